The first kappa shape index (κ1) is 12.6. The van der Waals surface area contributed by atoms with E-state index in [1.165, 1.54) is 12.1 Å². The lowest BCUT2D eigenvalue weighted by molar-refractivity contribution is 0.0689. The number of alkyl halides is 3. The van der Waals surface area contributed by atoms with Crippen molar-refractivity contribution in [2.24, 2.45) is 0 Å². The van der Waals surface area contributed by atoms with Gasteiger partial charge in [-0.15, -0.1) is 0 Å². The first-order valence-electron chi connectivity index (χ1n) is 4.29. The molecular weight excluding hydrogens is 296 g/mol. The Labute approximate surface area is 109 Å². The Balaban J connectivity index is 2.88. The Morgan fingerprint density at radius 2 is 1.82 bits per heavy atom. The van der Waals surface area contributed by atoms with Crippen LogP contribution in [-0.4, -0.2) is 0 Å². The summed E-state index contributed by atoms with van der Waals surface area (Å²) in [6.07, 6.45) is 0. The number of halogens is 5. The zero-order chi connectivity index (χ0) is 12.8. The number of fused-ring (bicyclic) bond motifs is 1. The van der Waals surface area contributed by atoms with Gasteiger partial charge in [0, 0.05) is 11.1 Å². The summed E-state index contributed by atoms with van der Waals surface area (Å²) in [6, 6.07) is 3.18. The van der Waals surface area contributed by atoms with Crippen molar-refractivity contribution >= 4 is 45.8 Å². The number of rotatable bonds is 1. The lowest BCUT2D eigenvalue weighted by atomic mass is 10.2. The molecule has 2 rings (SSSR count). The van der Waals surface area contributed by atoms with Gasteiger partial charge in [-0.05, 0) is 23.7 Å². The fraction of sp³-hybridized carbons (Fsp3) is 0.100. The molecule has 0 amide bonds. The van der Waals surface area contributed by atoms with Crippen molar-refractivity contribution in [1.82, 2.24) is 0 Å². The van der Waals surface area contributed by atoms with Crippen LogP contribution in [-0.2, 0) is 5.38 Å². The molecular formula is C10H3Cl3F2O2. The monoisotopic (exact) mass is 298 g/mol. The molecule has 0 aliphatic rings. The Kier molecular flexibility index (Phi) is 3.06. The van der Waals surface area contributed by atoms with Gasteiger partial charge in [-0.2, -0.15) is 8.78 Å². The van der Waals surface area contributed by atoms with E-state index in [-0.39, 0.29) is 21.0 Å². The van der Waals surface area contributed by atoms with Crippen LogP contribution in [0.25, 0.3) is 11.0 Å². The topological polar surface area (TPSA) is 30.2 Å². The third kappa shape index (κ3) is 2.39. The van der Waals surface area contributed by atoms with E-state index in [4.69, 9.17) is 39.2 Å². The third-order valence-electron chi connectivity index (χ3n) is 2.03. The highest BCUT2D eigenvalue weighted by atomic mass is 35.5. The van der Waals surface area contributed by atoms with Crippen molar-refractivity contribution < 1.29 is 13.2 Å². The second-order valence-electron chi connectivity index (χ2n) is 3.24. The Morgan fingerprint density at radius 3 is 2.41 bits per heavy atom. The van der Waals surface area contributed by atoms with Crippen molar-refractivity contribution in [2.75, 3.05) is 0 Å². The van der Waals surface area contributed by atoms with E-state index in [9.17, 15) is 13.6 Å². The van der Waals surface area contributed by atoms with E-state index in [1.807, 2.05) is 0 Å². The molecule has 0 N–H and O–H groups in total. The molecule has 1 aromatic carbocycles. The minimum absolute atomic E-state index is 0.0205. The molecule has 0 aliphatic heterocycles. The molecule has 0 unspecified atom stereocenters. The lowest BCUT2D eigenvalue weighted by Gasteiger charge is -2.08. The van der Waals surface area contributed by atoms with Gasteiger partial charge in [0.2, 0.25) is 0 Å². The van der Waals surface area contributed by atoms with Gasteiger partial charge in [0.25, 0.3) is 0 Å². The van der Waals surface area contributed by atoms with Gasteiger partial charge in [0.1, 0.15) is 0 Å². The molecule has 2 aromatic rings. The summed E-state index contributed by atoms with van der Waals surface area (Å²) < 4.78 is 30.5. The molecule has 1 heterocycles. The van der Waals surface area contributed by atoms with Crippen molar-refractivity contribution in [3.8, 4) is 0 Å². The van der Waals surface area contributed by atoms with Gasteiger partial charge in [0.15, 0.2) is 16.8 Å². The summed E-state index contributed by atoms with van der Waals surface area (Å²) in [5, 5.41) is -3.57. The van der Waals surface area contributed by atoms with Crippen LogP contribution in [0.1, 0.15) is 5.76 Å². The smallest absolute Gasteiger partial charge is 0.379 e. The molecule has 0 saturated carbocycles. The lowest BCUT2D eigenvalue weighted by Crippen LogP contribution is -2.10. The molecule has 2 nitrogen and oxygen atoms in total. The summed E-state index contributed by atoms with van der Waals surface area (Å²) in [4.78, 5) is 11.6. The zero-order valence-electron chi connectivity index (χ0n) is 7.94. The van der Waals surface area contributed by atoms with Gasteiger partial charge >= 0.3 is 5.38 Å². The number of hydrogen-bond acceptors (Lipinski definition) is 2. The standard InChI is InChI=1S/C10H3Cl3F2O2/c11-4-1-5-7(16)3-8(10(13,14)15)17-9(5)6(12)2-4/h1-3H. The Morgan fingerprint density at radius 1 is 1.18 bits per heavy atom. The van der Waals surface area contributed by atoms with Gasteiger partial charge < -0.3 is 4.42 Å². The highest BCUT2D eigenvalue weighted by Gasteiger charge is 2.32. The second-order valence-corrected chi connectivity index (χ2v) is 4.56. The molecule has 0 bridgehead atoms. The van der Waals surface area contributed by atoms with Crippen LogP contribution < -0.4 is 5.43 Å². The summed E-state index contributed by atoms with van der Waals surface area (Å²) in [6.45, 7) is 0. The van der Waals surface area contributed by atoms with E-state index >= 15 is 0 Å². The molecule has 0 radical (unpaired) electrons. The maximum Gasteiger partial charge on any atom is 0.379 e. The molecule has 7 heteroatoms. The van der Waals surface area contributed by atoms with Crippen LogP contribution in [0.3, 0.4) is 0 Å². The molecule has 0 spiro atoms. The summed E-state index contributed by atoms with van der Waals surface area (Å²) in [7, 11) is 0. The van der Waals surface area contributed by atoms with E-state index < -0.39 is 16.6 Å². The molecule has 0 aliphatic carbocycles. The largest absolute Gasteiger partial charge is 0.451 e. The summed E-state index contributed by atoms with van der Waals surface area (Å²) >= 11 is 16.2. The Hall–Kier alpha value is -0.840. The molecule has 0 fully saturated rings. The van der Waals surface area contributed by atoms with Crippen molar-refractivity contribution in [3.63, 3.8) is 0 Å². The maximum atomic E-state index is 12.8. The van der Waals surface area contributed by atoms with Gasteiger partial charge in [-0.25, -0.2) is 0 Å². The molecule has 90 valence electrons. The summed E-state index contributed by atoms with van der Waals surface area (Å²) in [5.41, 5.74) is -0.857. The molecule has 0 saturated heterocycles. The minimum atomic E-state index is -3.77. The van der Waals surface area contributed by atoms with E-state index in [1.54, 1.807) is 0 Å². The molecule has 0 atom stereocenters. The quantitative estimate of drug-likeness (QED) is 0.731. The van der Waals surface area contributed by atoms with Crippen LogP contribution in [0.5, 0.6) is 0 Å². The average Bonchev–Trinajstić information content (AvgIpc) is 2.17. The van der Waals surface area contributed by atoms with Crippen molar-refractivity contribution in [2.45, 2.75) is 5.38 Å². The van der Waals surface area contributed by atoms with Crippen molar-refractivity contribution in [3.05, 3.63) is 44.2 Å². The fourth-order valence-corrected chi connectivity index (χ4v) is 1.95. The molecule has 1 aromatic heterocycles. The number of benzene rings is 1. The normalized spacial score (nSPS) is 12.1. The van der Waals surface area contributed by atoms with Gasteiger partial charge in [-0.3, -0.25) is 4.79 Å². The van der Waals surface area contributed by atoms with Crippen LogP contribution in [0.4, 0.5) is 8.78 Å². The Bertz CT molecular complexity index is 646. The zero-order valence-corrected chi connectivity index (χ0v) is 10.2. The number of hydrogen-bond donors (Lipinski definition) is 0. The van der Waals surface area contributed by atoms with Gasteiger partial charge in [0.05, 0.1) is 10.4 Å². The van der Waals surface area contributed by atoms with E-state index in [2.05, 4.69) is 0 Å². The highest BCUT2D eigenvalue weighted by molar-refractivity contribution is 6.38. The summed E-state index contributed by atoms with van der Waals surface area (Å²) in [5.74, 6) is -0.958. The van der Waals surface area contributed by atoms with Crippen LogP contribution in [0.2, 0.25) is 10.0 Å². The minimum Gasteiger partial charge on any atom is -0.451 e. The van der Waals surface area contributed by atoms with Crippen LogP contribution in [0, 0.1) is 0 Å². The maximum absolute atomic E-state index is 12.8. The molecule has 17 heavy (non-hydrogen) atoms. The van der Waals surface area contributed by atoms with Crippen molar-refractivity contribution in [1.29, 1.82) is 0 Å². The third-order valence-corrected chi connectivity index (χ3v) is 2.71. The first-order valence-corrected chi connectivity index (χ1v) is 5.42. The highest BCUT2D eigenvalue weighted by Crippen LogP contribution is 2.35. The predicted octanol–water partition coefficient (Wildman–Crippen LogP) is 4.39. The van der Waals surface area contributed by atoms with E-state index in [0.29, 0.717) is 6.07 Å². The first-order chi connectivity index (χ1) is 7.79. The SMILES string of the molecule is O=c1cc(C(F)(F)Cl)oc2c(Cl)cc(Cl)cc12. The fourth-order valence-electron chi connectivity index (χ4n) is 1.32. The predicted molar refractivity (Wildman–Crippen MR) is 62.3 cm³/mol. The average molecular weight is 299 g/mol. The van der Waals surface area contributed by atoms with Crippen LogP contribution >= 0.6 is 34.8 Å². The second kappa shape index (κ2) is 4.12. The van der Waals surface area contributed by atoms with Crippen LogP contribution in [0.15, 0.2) is 27.4 Å². The van der Waals surface area contributed by atoms with Gasteiger partial charge in [-0.1, -0.05) is 23.2 Å². The van der Waals surface area contributed by atoms with E-state index in [0.717, 1.165) is 0 Å².